The lowest BCUT2D eigenvalue weighted by molar-refractivity contribution is -0.175. The Hall–Kier alpha value is -2.09. The van der Waals surface area contributed by atoms with Crippen LogP contribution in [0.2, 0.25) is 0 Å². The van der Waals surface area contributed by atoms with E-state index in [-0.39, 0.29) is 47.5 Å². The number of aliphatic hydroxyl groups excluding tert-OH is 2. The largest absolute Gasteiger partial charge is 0.481 e. The minimum atomic E-state index is -0.707. The summed E-state index contributed by atoms with van der Waals surface area (Å²) in [6, 6.07) is 6.76. The van der Waals surface area contributed by atoms with Gasteiger partial charge in [-0.05, 0) is 129 Å². The first kappa shape index (κ1) is 32.8. The maximum absolute atomic E-state index is 11.5. The molecule has 0 bridgehead atoms. The van der Waals surface area contributed by atoms with Gasteiger partial charge in [-0.2, -0.15) is 0 Å². The molecule has 7 nitrogen and oxygen atoms in total. The number of aliphatic hydroxyl groups is 2. The number of carboxylic acid groups (broad SMARTS) is 1. The number of carbonyl (C=O) groups is 1. The van der Waals surface area contributed by atoms with Gasteiger partial charge in [0, 0.05) is 29.6 Å². The summed E-state index contributed by atoms with van der Waals surface area (Å²) >= 11 is 0. The van der Waals surface area contributed by atoms with Crippen LogP contribution in [0.3, 0.4) is 0 Å². The molecule has 2 aromatic rings. The van der Waals surface area contributed by atoms with Gasteiger partial charge < -0.3 is 25.5 Å². The Morgan fingerprint density at radius 1 is 1.07 bits per heavy atom. The van der Waals surface area contributed by atoms with Crippen molar-refractivity contribution in [3.63, 3.8) is 0 Å². The molecule has 1 aromatic carbocycles. The van der Waals surface area contributed by atoms with Crippen LogP contribution < -0.4 is 11.4 Å². The number of hydrogen-bond acceptors (Lipinski definition) is 6. The molecule has 4 fully saturated rings. The molecule has 3 unspecified atom stereocenters. The summed E-state index contributed by atoms with van der Waals surface area (Å²) in [5, 5.41) is 31.7. The summed E-state index contributed by atoms with van der Waals surface area (Å²) in [5.41, 5.74) is 7.49. The lowest BCUT2D eigenvalue weighted by Gasteiger charge is -2.62. The Morgan fingerprint density at radius 3 is 2.52 bits per heavy atom. The third kappa shape index (κ3) is 5.86. The van der Waals surface area contributed by atoms with Crippen molar-refractivity contribution in [2.45, 2.75) is 104 Å². The minimum Gasteiger partial charge on any atom is -0.481 e. The molecular weight excluding hydrogens is 554 g/mol. The molecule has 0 radical (unpaired) electrons. The van der Waals surface area contributed by atoms with Gasteiger partial charge in [-0.25, -0.2) is 4.79 Å². The van der Waals surface area contributed by atoms with Crippen LogP contribution in [0.15, 0.2) is 33.5 Å². The van der Waals surface area contributed by atoms with Gasteiger partial charge >= 0.3 is 11.6 Å². The predicted octanol–water partition coefficient (Wildman–Crippen LogP) is 6.58. The molecule has 6 rings (SSSR count). The van der Waals surface area contributed by atoms with Gasteiger partial charge in [0.15, 0.2) is 0 Å². The molecule has 0 aliphatic heterocycles. The van der Waals surface area contributed by atoms with Crippen molar-refractivity contribution in [1.82, 2.24) is 0 Å². The molecule has 1 aromatic heterocycles. The van der Waals surface area contributed by atoms with Crippen molar-refractivity contribution in [2.24, 2.45) is 46.3 Å². The lowest BCUT2D eigenvalue weighted by atomic mass is 9.43. The quantitative estimate of drug-likeness (QED) is 0.229. The SMILES string of the molecule is C[C@H](CCC(=O)O)[C@H]1CCC2C3CC[C@@H]4C[C@H](O)CC[C@]4(C)C3C[C@H](O)[C@@]21C.Cc1cc(=O)oc2cc(N)ccc12.Cl. The second-order valence-corrected chi connectivity index (χ2v) is 14.3. The number of rotatable bonds is 4. The molecule has 10 atom stereocenters. The Kier molecular flexibility index (Phi) is 9.76. The molecule has 234 valence electrons. The fraction of sp³-hybridized carbons (Fsp3) is 0.706. The van der Waals surface area contributed by atoms with Gasteiger partial charge in [0.05, 0.1) is 12.2 Å². The van der Waals surface area contributed by atoms with Crippen molar-refractivity contribution >= 4 is 35.0 Å². The summed E-state index contributed by atoms with van der Waals surface area (Å²) in [5.74, 6) is 2.55. The van der Waals surface area contributed by atoms with Gasteiger partial charge in [-0.1, -0.05) is 20.8 Å². The standard InChI is InChI=1S/C24H40O4.C10H9NO2.ClH/c1-14(4-9-22(27)28)18-7-8-19-17-6-5-15-12-16(25)10-11-23(15,2)20(17)13-21(26)24(18,19)3;1-6-4-10(12)13-9-5-7(11)2-3-8(6)9;/h14-21,25-26H,4-13H2,1-3H3,(H,27,28);2-5H,11H2,1H3;1H/t14-,15-,16-,17?,18-,19?,20?,21+,23+,24-;;/m1../s1. The Bertz CT molecular complexity index is 1330. The number of benzene rings is 1. The number of halogens is 1. The highest BCUT2D eigenvalue weighted by molar-refractivity contribution is 5.85. The maximum Gasteiger partial charge on any atom is 0.336 e. The van der Waals surface area contributed by atoms with Crippen LogP contribution in [-0.2, 0) is 4.79 Å². The Morgan fingerprint density at radius 2 is 1.81 bits per heavy atom. The molecular formula is C34H50ClNO6. The number of aliphatic carboxylic acids is 1. The smallest absolute Gasteiger partial charge is 0.336 e. The zero-order chi connectivity index (χ0) is 29.7. The van der Waals surface area contributed by atoms with Crippen molar-refractivity contribution in [1.29, 1.82) is 0 Å². The number of fused-ring (bicyclic) bond motifs is 6. The number of anilines is 1. The van der Waals surface area contributed by atoms with Crippen LogP contribution >= 0.6 is 12.4 Å². The topological polar surface area (TPSA) is 134 Å². The molecule has 1 heterocycles. The number of nitrogens with two attached hydrogens (primary N) is 1. The third-order valence-corrected chi connectivity index (χ3v) is 12.3. The first-order valence-corrected chi connectivity index (χ1v) is 15.7. The van der Waals surface area contributed by atoms with Gasteiger partial charge in [0.25, 0.3) is 0 Å². The fourth-order valence-electron chi connectivity index (χ4n) is 10.1. The Labute approximate surface area is 255 Å². The summed E-state index contributed by atoms with van der Waals surface area (Å²) in [7, 11) is 0. The second-order valence-electron chi connectivity index (χ2n) is 14.3. The summed E-state index contributed by atoms with van der Waals surface area (Å²) < 4.78 is 4.99. The zero-order valence-electron chi connectivity index (χ0n) is 25.6. The van der Waals surface area contributed by atoms with Crippen molar-refractivity contribution in [3.8, 4) is 0 Å². The van der Waals surface area contributed by atoms with Gasteiger partial charge in [-0.3, -0.25) is 4.79 Å². The fourth-order valence-corrected chi connectivity index (χ4v) is 10.1. The normalized spacial score (nSPS) is 37.7. The first-order chi connectivity index (χ1) is 19.3. The highest BCUT2D eigenvalue weighted by atomic mass is 35.5. The summed E-state index contributed by atoms with van der Waals surface area (Å²) in [6.07, 6.45) is 9.26. The van der Waals surface area contributed by atoms with E-state index in [4.69, 9.17) is 15.3 Å². The molecule has 4 aliphatic rings. The van der Waals surface area contributed by atoms with Crippen LogP contribution in [0.1, 0.15) is 90.5 Å². The van der Waals surface area contributed by atoms with E-state index in [1.165, 1.54) is 25.3 Å². The number of carboxylic acids is 1. The lowest BCUT2D eigenvalue weighted by Crippen LogP contribution is -2.58. The zero-order valence-corrected chi connectivity index (χ0v) is 26.4. The molecule has 8 heteroatoms. The Balaban J connectivity index is 0.000000243. The van der Waals surface area contributed by atoms with Crippen LogP contribution in [0.25, 0.3) is 11.0 Å². The van der Waals surface area contributed by atoms with Crippen molar-refractivity contribution < 1.29 is 24.5 Å². The molecule has 4 aliphatic carbocycles. The maximum atomic E-state index is 11.5. The molecule has 0 spiro atoms. The van der Waals surface area contributed by atoms with E-state index in [1.54, 1.807) is 12.1 Å². The van der Waals surface area contributed by atoms with Gasteiger partial charge in [0.2, 0.25) is 0 Å². The number of nitrogen functional groups attached to an aromatic ring is 1. The molecule has 0 saturated heterocycles. The van der Waals surface area contributed by atoms with Crippen LogP contribution in [0, 0.1) is 53.3 Å². The average molecular weight is 604 g/mol. The van der Waals surface area contributed by atoms with E-state index in [0.717, 1.165) is 49.5 Å². The van der Waals surface area contributed by atoms with Crippen LogP contribution in [0.5, 0.6) is 0 Å². The second kappa shape index (κ2) is 12.5. The highest BCUT2D eigenvalue weighted by Gasteiger charge is 2.63. The van der Waals surface area contributed by atoms with Crippen molar-refractivity contribution in [2.75, 3.05) is 5.73 Å². The first-order valence-electron chi connectivity index (χ1n) is 15.7. The minimum absolute atomic E-state index is 0. The van der Waals surface area contributed by atoms with E-state index in [0.29, 0.717) is 46.8 Å². The highest BCUT2D eigenvalue weighted by Crippen LogP contribution is 2.68. The van der Waals surface area contributed by atoms with E-state index in [1.807, 2.05) is 13.0 Å². The van der Waals surface area contributed by atoms with E-state index < -0.39 is 5.97 Å². The third-order valence-electron chi connectivity index (χ3n) is 12.3. The summed E-state index contributed by atoms with van der Waals surface area (Å²) in [6.45, 7) is 8.86. The van der Waals surface area contributed by atoms with E-state index in [9.17, 15) is 19.8 Å². The molecule has 0 amide bonds. The van der Waals surface area contributed by atoms with Gasteiger partial charge in [-0.15, -0.1) is 12.4 Å². The summed E-state index contributed by atoms with van der Waals surface area (Å²) in [4.78, 5) is 22.1. The van der Waals surface area contributed by atoms with E-state index in [2.05, 4.69) is 20.8 Å². The molecule has 5 N–H and O–H groups in total. The predicted molar refractivity (Wildman–Crippen MR) is 168 cm³/mol. The van der Waals surface area contributed by atoms with Crippen molar-refractivity contribution in [3.05, 3.63) is 40.2 Å². The van der Waals surface area contributed by atoms with Crippen LogP contribution in [-0.4, -0.2) is 33.5 Å². The monoisotopic (exact) mass is 603 g/mol. The van der Waals surface area contributed by atoms with Gasteiger partial charge in [0.1, 0.15) is 5.58 Å². The van der Waals surface area contributed by atoms with E-state index >= 15 is 0 Å². The number of hydrogen-bond donors (Lipinski definition) is 4. The molecule has 42 heavy (non-hydrogen) atoms. The number of aryl methyl sites for hydroxylation is 1. The molecule has 4 saturated carbocycles. The van der Waals surface area contributed by atoms with Crippen LogP contribution in [0.4, 0.5) is 5.69 Å². The average Bonchev–Trinajstić information content (AvgIpc) is 3.27.